The van der Waals surface area contributed by atoms with Crippen molar-refractivity contribution in [2.75, 3.05) is 13.2 Å². The number of amides is 1. The Labute approximate surface area is 148 Å². The van der Waals surface area contributed by atoms with Gasteiger partial charge in [-0.05, 0) is 39.5 Å². The van der Waals surface area contributed by atoms with E-state index in [0.717, 1.165) is 31.4 Å². The lowest BCUT2D eigenvalue weighted by Crippen LogP contribution is -2.47. The van der Waals surface area contributed by atoms with Gasteiger partial charge in [0.2, 0.25) is 0 Å². The Hall–Kier alpha value is -1.87. The van der Waals surface area contributed by atoms with Gasteiger partial charge < -0.3 is 9.64 Å². The molecule has 0 aromatic carbocycles. The second-order valence-electron chi connectivity index (χ2n) is 6.48. The number of esters is 1. The number of aromatic nitrogens is 1. The number of rotatable bonds is 7. The van der Waals surface area contributed by atoms with Gasteiger partial charge in [0.15, 0.2) is 6.61 Å². The highest BCUT2D eigenvalue weighted by atomic mass is 32.1. The molecule has 1 amide bonds. The van der Waals surface area contributed by atoms with Crippen LogP contribution in [0.15, 0.2) is 10.9 Å². The van der Waals surface area contributed by atoms with Crippen LogP contribution < -0.4 is 0 Å². The third-order valence-electron chi connectivity index (χ3n) is 3.34. The first kappa shape index (κ1) is 20.2. The molecule has 0 bridgehead atoms. The van der Waals surface area contributed by atoms with Crippen LogP contribution in [-0.4, -0.2) is 40.5 Å². The SMILES string of the molecule is CC(=O)OCC(=O)N(CCCCCC#Cc1cscn1)C(C)(C)C. The molecule has 6 heteroatoms. The highest BCUT2D eigenvalue weighted by molar-refractivity contribution is 7.07. The van der Waals surface area contributed by atoms with Gasteiger partial charge in [-0.2, -0.15) is 0 Å². The molecule has 0 spiro atoms. The van der Waals surface area contributed by atoms with Crippen molar-refractivity contribution < 1.29 is 14.3 Å². The van der Waals surface area contributed by atoms with Crippen molar-refractivity contribution in [2.45, 2.75) is 58.9 Å². The Bertz CT molecular complexity index is 580. The molecule has 24 heavy (non-hydrogen) atoms. The Morgan fingerprint density at radius 3 is 2.62 bits per heavy atom. The maximum atomic E-state index is 12.2. The van der Waals surface area contributed by atoms with E-state index in [9.17, 15) is 9.59 Å². The van der Waals surface area contributed by atoms with Crippen LogP contribution in [0.3, 0.4) is 0 Å². The zero-order valence-corrected chi connectivity index (χ0v) is 15.7. The van der Waals surface area contributed by atoms with Crippen LogP contribution in [0.1, 0.15) is 59.1 Å². The summed E-state index contributed by atoms with van der Waals surface area (Å²) in [6, 6.07) is 0. The lowest BCUT2D eigenvalue weighted by atomic mass is 10.0. The molecule has 0 saturated carbocycles. The summed E-state index contributed by atoms with van der Waals surface area (Å²) in [5.41, 5.74) is 2.31. The molecule has 1 heterocycles. The quantitative estimate of drug-likeness (QED) is 0.430. The van der Waals surface area contributed by atoms with E-state index >= 15 is 0 Å². The maximum Gasteiger partial charge on any atom is 0.303 e. The van der Waals surface area contributed by atoms with Gasteiger partial charge in [0, 0.05) is 30.8 Å². The number of carbonyl (C=O) groups excluding carboxylic acids is 2. The molecule has 0 atom stereocenters. The normalized spacial score (nSPS) is 10.7. The number of thiazole rings is 1. The number of unbranched alkanes of at least 4 members (excludes halogenated alkanes) is 3. The number of nitrogens with zero attached hydrogens (tertiary/aromatic N) is 2. The molecule has 0 aliphatic rings. The van der Waals surface area contributed by atoms with E-state index in [1.807, 2.05) is 26.2 Å². The topological polar surface area (TPSA) is 59.5 Å². The number of ether oxygens (including phenoxy) is 1. The van der Waals surface area contributed by atoms with Crippen LogP contribution in [0.4, 0.5) is 0 Å². The van der Waals surface area contributed by atoms with E-state index in [-0.39, 0.29) is 18.1 Å². The molecule has 132 valence electrons. The van der Waals surface area contributed by atoms with Gasteiger partial charge in [-0.3, -0.25) is 9.59 Å². The van der Waals surface area contributed by atoms with E-state index in [4.69, 9.17) is 4.74 Å². The van der Waals surface area contributed by atoms with E-state index in [2.05, 4.69) is 16.8 Å². The highest BCUT2D eigenvalue weighted by Gasteiger charge is 2.26. The third-order valence-corrected chi connectivity index (χ3v) is 3.93. The molecule has 0 N–H and O–H groups in total. The predicted octanol–water partition coefficient (Wildman–Crippen LogP) is 3.25. The fourth-order valence-corrected chi connectivity index (χ4v) is 2.65. The lowest BCUT2D eigenvalue weighted by Gasteiger charge is -2.35. The van der Waals surface area contributed by atoms with Crippen LogP contribution in [0.25, 0.3) is 0 Å². The van der Waals surface area contributed by atoms with E-state index < -0.39 is 5.97 Å². The molecule has 5 nitrogen and oxygen atoms in total. The first-order valence-electron chi connectivity index (χ1n) is 8.11. The third kappa shape index (κ3) is 8.11. The molecule has 0 saturated heterocycles. The summed E-state index contributed by atoms with van der Waals surface area (Å²) in [4.78, 5) is 29.0. The second-order valence-corrected chi connectivity index (χ2v) is 7.20. The molecule has 0 fully saturated rings. The average molecular weight is 350 g/mol. The fourth-order valence-electron chi connectivity index (χ4n) is 2.16. The highest BCUT2D eigenvalue weighted by Crippen LogP contribution is 2.15. The van der Waals surface area contributed by atoms with Gasteiger partial charge in [0.05, 0.1) is 5.51 Å². The monoisotopic (exact) mass is 350 g/mol. The van der Waals surface area contributed by atoms with Crippen LogP contribution in [-0.2, 0) is 14.3 Å². The summed E-state index contributed by atoms with van der Waals surface area (Å²) in [6.45, 7) is 7.73. The number of hydrogen-bond donors (Lipinski definition) is 0. The standard InChI is InChI=1S/C18H26N2O3S/c1-15(21)23-12-17(22)20(18(2,3)4)11-9-7-5-6-8-10-16-13-24-14-19-16/h13-14H,5-7,9,11-12H2,1-4H3. The van der Waals surface area contributed by atoms with Crippen LogP contribution in [0, 0.1) is 11.8 Å². The largest absolute Gasteiger partial charge is 0.456 e. The summed E-state index contributed by atoms with van der Waals surface area (Å²) >= 11 is 1.54. The van der Waals surface area contributed by atoms with Gasteiger partial charge >= 0.3 is 5.97 Å². The molecule has 1 aromatic heterocycles. The minimum absolute atomic E-state index is 0.152. The maximum absolute atomic E-state index is 12.2. The Balaban J connectivity index is 2.32. The minimum Gasteiger partial charge on any atom is -0.456 e. The summed E-state index contributed by atoms with van der Waals surface area (Å²) in [5.74, 6) is 5.56. The summed E-state index contributed by atoms with van der Waals surface area (Å²) in [5, 5.41) is 1.93. The van der Waals surface area contributed by atoms with Gasteiger partial charge in [-0.1, -0.05) is 12.3 Å². The number of hydrogen-bond acceptors (Lipinski definition) is 5. The first-order chi connectivity index (χ1) is 11.3. The molecule has 0 unspecified atom stereocenters. The lowest BCUT2D eigenvalue weighted by molar-refractivity contribution is -0.152. The van der Waals surface area contributed by atoms with Gasteiger partial charge in [-0.15, -0.1) is 11.3 Å². The number of carbonyl (C=O) groups is 2. The first-order valence-corrected chi connectivity index (χ1v) is 9.06. The Morgan fingerprint density at radius 2 is 2.04 bits per heavy atom. The zero-order valence-electron chi connectivity index (χ0n) is 14.9. The molecule has 1 aromatic rings. The Morgan fingerprint density at radius 1 is 1.29 bits per heavy atom. The molecular weight excluding hydrogens is 324 g/mol. The van der Waals surface area contributed by atoms with E-state index in [0.29, 0.717) is 6.54 Å². The predicted molar refractivity (Wildman–Crippen MR) is 95.6 cm³/mol. The van der Waals surface area contributed by atoms with Crippen molar-refractivity contribution in [2.24, 2.45) is 0 Å². The van der Waals surface area contributed by atoms with Gasteiger partial charge in [0.1, 0.15) is 5.69 Å². The van der Waals surface area contributed by atoms with Crippen molar-refractivity contribution in [3.63, 3.8) is 0 Å². The molecule has 0 radical (unpaired) electrons. The van der Waals surface area contributed by atoms with Gasteiger partial charge in [0.25, 0.3) is 5.91 Å². The van der Waals surface area contributed by atoms with Crippen molar-refractivity contribution in [3.8, 4) is 11.8 Å². The van der Waals surface area contributed by atoms with Crippen LogP contribution in [0.5, 0.6) is 0 Å². The molecule has 1 rings (SSSR count). The minimum atomic E-state index is -0.434. The van der Waals surface area contributed by atoms with Crippen molar-refractivity contribution in [1.82, 2.24) is 9.88 Å². The van der Waals surface area contributed by atoms with E-state index in [1.54, 1.807) is 21.7 Å². The van der Waals surface area contributed by atoms with Crippen LogP contribution >= 0.6 is 11.3 Å². The smallest absolute Gasteiger partial charge is 0.303 e. The molecular formula is C18H26N2O3S. The Kier molecular flexibility index (Phi) is 8.48. The van der Waals surface area contributed by atoms with Crippen molar-refractivity contribution in [3.05, 3.63) is 16.6 Å². The molecule has 0 aliphatic carbocycles. The summed E-state index contributed by atoms with van der Waals surface area (Å²) < 4.78 is 4.82. The zero-order chi connectivity index (χ0) is 18.0. The van der Waals surface area contributed by atoms with Crippen LogP contribution in [0.2, 0.25) is 0 Å². The van der Waals surface area contributed by atoms with Crippen molar-refractivity contribution in [1.29, 1.82) is 0 Å². The molecule has 0 aliphatic heterocycles. The second kappa shape index (κ2) is 10.1. The summed E-state index contributed by atoms with van der Waals surface area (Å²) in [7, 11) is 0. The summed E-state index contributed by atoms with van der Waals surface area (Å²) in [6.07, 6.45) is 3.72. The van der Waals surface area contributed by atoms with E-state index in [1.165, 1.54) is 6.92 Å². The fraction of sp³-hybridized carbons (Fsp3) is 0.611. The van der Waals surface area contributed by atoms with Crippen molar-refractivity contribution >= 4 is 23.2 Å². The average Bonchev–Trinajstić information content (AvgIpc) is 2.99. The van der Waals surface area contributed by atoms with Gasteiger partial charge in [-0.25, -0.2) is 4.98 Å².